The normalized spacial score (nSPS) is 26.5. The third-order valence-corrected chi connectivity index (χ3v) is 3.59. The van der Waals surface area contributed by atoms with Gasteiger partial charge in [-0.15, -0.1) is 0 Å². The number of carboxylic acid groups (broad SMARTS) is 1. The molecule has 0 saturated carbocycles. The van der Waals surface area contributed by atoms with Crippen molar-refractivity contribution in [3.8, 4) is 0 Å². The fourth-order valence-electron chi connectivity index (χ4n) is 2.68. The molecule has 2 aliphatic heterocycles. The van der Waals surface area contributed by atoms with Crippen LogP contribution in [-0.2, 0) is 14.3 Å². The van der Waals surface area contributed by atoms with Gasteiger partial charge in [0, 0.05) is 31.8 Å². The van der Waals surface area contributed by atoms with Gasteiger partial charge in [0.2, 0.25) is 0 Å². The van der Waals surface area contributed by atoms with Crippen LogP contribution >= 0.6 is 0 Å². The van der Waals surface area contributed by atoms with Gasteiger partial charge in [-0.2, -0.15) is 0 Å². The number of carbonyl (C=O) groups is 1. The average molecular weight is 229 g/mol. The highest BCUT2D eigenvalue weighted by Gasteiger charge is 2.40. The molecule has 2 fully saturated rings. The van der Waals surface area contributed by atoms with Crippen LogP contribution < -0.4 is 0 Å². The molecule has 2 saturated heterocycles. The van der Waals surface area contributed by atoms with Gasteiger partial charge in [-0.05, 0) is 12.8 Å². The van der Waals surface area contributed by atoms with Crippen LogP contribution in [0.1, 0.15) is 19.3 Å². The maximum absolute atomic E-state index is 11.0. The average Bonchev–Trinajstić information content (AvgIpc) is 2.30. The molecule has 0 aromatic carbocycles. The number of hydrogen-bond donors (Lipinski definition) is 1. The molecule has 5 heteroatoms. The zero-order chi connectivity index (χ0) is 11.4. The number of ether oxygens (including phenoxy) is 2. The first-order valence-electron chi connectivity index (χ1n) is 5.85. The zero-order valence-corrected chi connectivity index (χ0v) is 9.48. The second-order valence-corrected chi connectivity index (χ2v) is 4.51. The molecule has 2 heterocycles. The van der Waals surface area contributed by atoms with Crippen molar-refractivity contribution in [1.29, 1.82) is 0 Å². The standard InChI is InChI=1S/C11H19NO4/c13-10(14)9-11(1-5-15-6-2-11)12-3-7-16-8-4-12/h1-9H2,(H,13,14). The summed E-state index contributed by atoms with van der Waals surface area (Å²) in [4.78, 5) is 13.3. The van der Waals surface area contributed by atoms with E-state index in [1.807, 2.05) is 0 Å². The van der Waals surface area contributed by atoms with E-state index in [0.717, 1.165) is 25.9 Å². The van der Waals surface area contributed by atoms with Crippen LogP contribution in [0.2, 0.25) is 0 Å². The molecule has 0 radical (unpaired) electrons. The number of morpholine rings is 1. The molecule has 16 heavy (non-hydrogen) atoms. The van der Waals surface area contributed by atoms with E-state index in [1.54, 1.807) is 0 Å². The maximum Gasteiger partial charge on any atom is 0.305 e. The van der Waals surface area contributed by atoms with Crippen molar-refractivity contribution in [2.75, 3.05) is 39.5 Å². The summed E-state index contributed by atoms with van der Waals surface area (Å²) in [5.74, 6) is -0.714. The molecule has 92 valence electrons. The third-order valence-electron chi connectivity index (χ3n) is 3.59. The van der Waals surface area contributed by atoms with Gasteiger partial charge in [-0.1, -0.05) is 0 Å². The number of hydrogen-bond acceptors (Lipinski definition) is 4. The molecule has 2 aliphatic rings. The molecule has 5 nitrogen and oxygen atoms in total. The Hall–Kier alpha value is -0.650. The van der Waals surface area contributed by atoms with E-state index in [9.17, 15) is 4.79 Å². The third kappa shape index (κ3) is 2.53. The summed E-state index contributed by atoms with van der Waals surface area (Å²) in [5, 5.41) is 9.06. The Morgan fingerprint density at radius 3 is 2.25 bits per heavy atom. The summed E-state index contributed by atoms with van der Waals surface area (Å²) in [5.41, 5.74) is -0.201. The van der Waals surface area contributed by atoms with Crippen molar-refractivity contribution in [2.24, 2.45) is 0 Å². The molecule has 0 unspecified atom stereocenters. The molecule has 0 spiro atoms. The summed E-state index contributed by atoms with van der Waals surface area (Å²) in [6.07, 6.45) is 1.86. The highest BCUT2D eigenvalue weighted by Crippen LogP contribution is 2.32. The van der Waals surface area contributed by atoms with E-state index in [0.29, 0.717) is 26.4 Å². The lowest BCUT2D eigenvalue weighted by molar-refractivity contribution is -0.145. The van der Waals surface area contributed by atoms with Crippen LogP contribution in [-0.4, -0.2) is 61.0 Å². The Labute approximate surface area is 95.3 Å². The van der Waals surface area contributed by atoms with Crippen molar-refractivity contribution in [3.63, 3.8) is 0 Å². The maximum atomic E-state index is 11.0. The van der Waals surface area contributed by atoms with Gasteiger partial charge in [0.05, 0.1) is 19.6 Å². The first kappa shape index (κ1) is 11.8. The van der Waals surface area contributed by atoms with Crippen LogP contribution in [0.15, 0.2) is 0 Å². The summed E-state index contributed by atoms with van der Waals surface area (Å²) < 4.78 is 10.7. The van der Waals surface area contributed by atoms with Crippen LogP contribution in [0.4, 0.5) is 0 Å². The van der Waals surface area contributed by atoms with Gasteiger partial charge in [0.15, 0.2) is 0 Å². The molecule has 2 rings (SSSR count). The minimum Gasteiger partial charge on any atom is -0.481 e. The quantitative estimate of drug-likeness (QED) is 0.756. The Morgan fingerprint density at radius 1 is 1.12 bits per heavy atom. The van der Waals surface area contributed by atoms with E-state index in [1.165, 1.54) is 0 Å². The van der Waals surface area contributed by atoms with Crippen LogP contribution in [0.5, 0.6) is 0 Å². The Balaban J connectivity index is 2.07. The highest BCUT2D eigenvalue weighted by atomic mass is 16.5. The Bertz CT molecular complexity index is 244. The summed E-state index contributed by atoms with van der Waals surface area (Å²) >= 11 is 0. The SMILES string of the molecule is O=C(O)CC1(N2CCOCC2)CCOCC1. The van der Waals surface area contributed by atoms with E-state index in [2.05, 4.69) is 4.90 Å². The van der Waals surface area contributed by atoms with Gasteiger partial charge in [-0.25, -0.2) is 0 Å². The number of aliphatic carboxylic acids is 1. The Morgan fingerprint density at radius 2 is 1.69 bits per heavy atom. The molecule has 0 atom stereocenters. The van der Waals surface area contributed by atoms with Crippen LogP contribution in [0.3, 0.4) is 0 Å². The van der Waals surface area contributed by atoms with Gasteiger partial charge in [0.1, 0.15) is 0 Å². The molecular formula is C11H19NO4. The van der Waals surface area contributed by atoms with Crippen molar-refractivity contribution in [2.45, 2.75) is 24.8 Å². The predicted molar refractivity (Wildman–Crippen MR) is 57.4 cm³/mol. The van der Waals surface area contributed by atoms with Gasteiger partial charge >= 0.3 is 5.97 Å². The van der Waals surface area contributed by atoms with Crippen molar-refractivity contribution in [3.05, 3.63) is 0 Å². The van der Waals surface area contributed by atoms with E-state index in [4.69, 9.17) is 14.6 Å². The smallest absolute Gasteiger partial charge is 0.305 e. The number of carboxylic acids is 1. The second-order valence-electron chi connectivity index (χ2n) is 4.51. The lowest BCUT2D eigenvalue weighted by Gasteiger charge is -2.47. The highest BCUT2D eigenvalue weighted by molar-refractivity contribution is 5.68. The van der Waals surface area contributed by atoms with E-state index >= 15 is 0 Å². The molecule has 1 N–H and O–H groups in total. The van der Waals surface area contributed by atoms with Crippen molar-refractivity contribution in [1.82, 2.24) is 4.90 Å². The number of rotatable bonds is 3. The summed E-state index contributed by atoms with van der Waals surface area (Å²) in [6, 6.07) is 0. The monoisotopic (exact) mass is 229 g/mol. The minimum absolute atomic E-state index is 0.201. The first-order chi connectivity index (χ1) is 7.73. The lowest BCUT2D eigenvalue weighted by Crippen LogP contribution is -2.57. The zero-order valence-electron chi connectivity index (χ0n) is 9.48. The Kier molecular flexibility index (Phi) is 3.78. The van der Waals surface area contributed by atoms with E-state index < -0.39 is 5.97 Å². The molecular weight excluding hydrogens is 210 g/mol. The molecule has 0 bridgehead atoms. The van der Waals surface area contributed by atoms with Crippen molar-refractivity contribution >= 4 is 5.97 Å². The summed E-state index contributed by atoms with van der Waals surface area (Å²) in [7, 11) is 0. The second kappa shape index (κ2) is 5.12. The van der Waals surface area contributed by atoms with Crippen molar-refractivity contribution < 1.29 is 19.4 Å². The number of nitrogens with zero attached hydrogens (tertiary/aromatic N) is 1. The lowest BCUT2D eigenvalue weighted by atomic mass is 9.84. The van der Waals surface area contributed by atoms with E-state index in [-0.39, 0.29) is 12.0 Å². The van der Waals surface area contributed by atoms with Crippen LogP contribution in [0.25, 0.3) is 0 Å². The molecule has 0 amide bonds. The predicted octanol–water partition coefficient (Wildman–Crippen LogP) is 0.342. The molecule has 0 aliphatic carbocycles. The molecule has 0 aromatic rings. The molecule has 0 aromatic heterocycles. The largest absolute Gasteiger partial charge is 0.481 e. The van der Waals surface area contributed by atoms with Crippen LogP contribution in [0, 0.1) is 0 Å². The fraction of sp³-hybridized carbons (Fsp3) is 0.909. The fourth-order valence-corrected chi connectivity index (χ4v) is 2.68. The topological polar surface area (TPSA) is 59.0 Å². The van der Waals surface area contributed by atoms with Gasteiger partial charge in [0.25, 0.3) is 0 Å². The summed E-state index contributed by atoms with van der Waals surface area (Å²) in [6.45, 7) is 4.44. The first-order valence-corrected chi connectivity index (χ1v) is 5.85. The van der Waals surface area contributed by atoms with Gasteiger partial charge in [-0.3, -0.25) is 9.69 Å². The van der Waals surface area contributed by atoms with Gasteiger partial charge < -0.3 is 14.6 Å². The minimum atomic E-state index is -0.714.